The molecule has 0 aliphatic carbocycles. The van der Waals surface area contributed by atoms with E-state index >= 15 is 0 Å². The van der Waals surface area contributed by atoms with Crippen LogP contribution in [0.4, 0.5) is 5.69 Å². The number of carbonyl (C=O) groups excluding carboxylic acids is 2. The van der Waals surface area contributed by atoms with Gasteiger partial charge in [0.05, 0.1) is 17.6 Å². The van der Waals surface area contributed by atoms with E-state index in [0.29, 0.717) is 17.8 Å². The summed E-state index contributed by atoms with van der Waals surface area (Å²) in [6.07, 6.45) is 1.75. The number of fused-ring (bicyclic) bond motifs is 1. The van der Waals surface area contributed by atoms with Crippen molar-refractivity contribution < 1.29 is 19.8 Å². The molecule has 2 N–H and O–H groups in total. The molecule has 5 rings (SSSR count). The van der Waals surface area contributed by atoms with Crippen LogP contribution in [0.5, 0.6) is 11.5 Å². The third-order valence-corrected chi connectivity index (χ3v) is 7.03. The number of amides is 2. The van der Waals surface area contributed by atoms with Crippen LogP contribution in [0.1, 0.15) is 31.8 Å². The van der Waals surface area contributed by atoms with E-state index in [2.05, 4.69) is 4.98 Å². The smallest absolute Gasteiger partial charge is 0.262 e. The molecule has 0 saturated heterocycles. The van der Waals surface area contributed by atoms with E-state index in [-0.39, 0.29) is 29.5 Å². The van der Waals surface area contributed by atoms with Crippen LogP contribution in [-0.4, -0.2) is 39.0 Å². The molecule has 0 radical (unpaired) electrons. The van der Waals surface area contributed by atoms with Crippen LogP contribution in [-0.2, 0) is 13.1 Å². The molecule has 2 amide bonds. The molecule has 0 aliphatic heterocycles. The quantitative estimate of drug-likeness (QED) is 0.280. The van der Waals surface area contributed by atoms with Gasteiger partial charge in [-0.15, -0.1) is 0 Å². The number of phenolic OH excluding ortho intramolecular Hbond substituents is 2. The van der Waals surface area contributed by atoms with Crippen molar-refractivity contribution in [3.63, 3.8) is 0 Å². The van der Waals surface area contributed by atoms with Crippen LogP contribution in [0.25, 0.3) is 10.9 Å². The van der Waals surface area contributed by atoms with Crippen LogP contribution < -0.4 is 4.90 Å². The molecule has 0 spiro atoms. The fraction of sp³-hybridized carbons (Fsp3) is 0.100. The molecule has 38 heavy (non-hydrogen) atoms. The molecule has 190 valence electrons. The molecule has 7 nitrogen and oxygen atoms in total. The zero-order chi connectivity index (χ0) is 26.6. The molecule has 2 heterocycles. The molecule has 0 atom stereocenters. The lowest BCUT2D eigenvalue weighted by Crippen LogP contribution is -2.30. The van der Waals surface area contributed by atoms with Crippen molar-refractivity contribution in [2.24, 2.45) is 0 Å². The van der Waals surface area contributed by atoms with E-state index in [1.165, 1.54) is 28.4 Å². The fourth-order valence-corrected chi connectivity index (χ4v) is 4.99. The van der Waals surface area contributed by atoms with E-state index < -0.39 is 5.91 Å². The highest BCUT2D eigenvalue weighted by Crippen LogP contribution is 2.28. The van der Waals surface area contributed by atoms with Gasteiger partial charge in [0.1, 0.15) is 11.5 Å². The topological polar surface area (TPSA) is 94.0 Å². The summed E-state index contributed by atoms with van der Waals surface area (Å²) < 4.78 is 0. The lowest BCUT2D eigenvalue weighted by molar-refractivity contribution is 0.0785. The van der Waals surface area contributed by atoms with E-state index in [1.807, 2.05) is 47.2 Å². The molecule has 2 aromatic heterocycles. The summed E-state index contributed by atoms with van der Waals surface area (Å²) in [5, 5.41) is 24.8. The number of pyridine rings is 1. The van der Waals surface area contributed by atoms with Gasteiger partial charge >= 0.3 is 0 Å². The number of benzene rings is 3. The van der Waals surface area contributed by atoms with E-state index in [9.17, 15) is 19.8 Å². The highest BCUT2D eigenvalue weighted by Gasteiger charge is 2.22. The Hall–Kier alpha value is -4.69. The van der Waals surface area contributed by atoms with Gasteiger partial charge in [-0.3, -0.25) is 14.6 Å². The maximum Gasteiger partial charge on any atom is 0.262 e. The third-order valence-electron chi connectivity index (χ3n) is 6.29. The van der Waals surface area contributed by atoms with E-state index in [0.717, 1.165) is 28.1 Å². The highest BCUT2D eigenvalue weighted by atomic mass is 32.1. The Morgan fingerprint density at radius 3 is 2.45 bits per heavy atom. The van der Waals surface area contributed by atoms with Crippen molar-refractivity contribution in [2.45, 2.75) is 13.1 Å². The first-order valence-electron chi connectivity index (χ1n) is 11.9. The van der Waals surface area contributed by atoms with Gasteiger partial charge < -0.3 is 20.0 Å². The Bertz CT molecular complexity index is 1590. The van der Waals surface area contributed by atoms with Crippen LogP contribution >= 0.6 is 11.3 Å². The summed E-state index contributed by atoms with van der Waals surface area (Å²) in [4.78, 5) is 34.3. The van der Waals surface area contributed by atoms with Crippen molar-refractivity contribution in [1.82, 2.24) is 9.88 Å². The molecule has 3 aromatic carbocycles. The van der Waals surface area contributed by atoms with Crippen molar-refractivity contribution in [2.75, 3.05) is 11.9 Å². The summed E-state index contributed by atoms with van der Waals surface area (Å²) in [6.45, 7) is 0.706. The third kappa shape index (κ3) is 5.21. The molecule has 5 aromatic rings. The second kappa shape index (κ2) is 10.7. The second-order valence-electron chi connectivity index (χ2n) is 8.92. The number of thiophene rings is 1. The average molecular weight is 524 g/mol. The Labute approximate surface area is 223 Å². The van der Waals surface area contributed by atoms with Crippen LogP contribution in [0.3, 0.4) is 0 Å². The molecule has 0 unspecified atom stereocenters. The minimum atomic E-state index is -0.422. The Morgan fingerprint density at radius 2 is 1.71 bits per heavy atom. The molecule has 0 aliphatic rings. The fourth-order valence-electron chi connectivity index (χ4n) is 4.33. The van der Waals surface area contributed by atoms with Gasteiger partial charge in [0.25, 0.3) is 11.8 Å². The van der Waals surface area contributed by atoms with Crippen molar-refractivity contribution in [1.29, 1.82) is 0 Å². The number of carbonyl (C=O) groups is 2. The molecular formula is C30H25N3O4S. The highest BCUT2D eigenvalue weighted by molar-refractivity contribution is 7.07. The summed E-state index contributed by atoms with van der Waals surface area (Å²) in [5.74, 6) is -1.00. The van der Waals surface area contributed by atoms with Crippen molar-refractivity contribution >= 4 is 39.7 Å². The van der Waals surface area contributed by atoms with Gasteiger partial charge in [0.2, 0.25) is 0 Å². The SMILES string of the molecule is CN(Cc1cccc2ncccc12)C(=O)c1ccc(N(Cc2ccsc2)C(=O)c2ccc(O)cc2O)cc1. The lowest BCUT2D eigenvalue weighted by atomic mass is 10.1. The summed E-state index contributed by atoms with van der Waals surface area (Å²) in [5.41, 5.74) is 3.96. The number of aromatic hydroxyl groups is 2. The Kier molecular flexibility index (Phi) is 7.06. The zero-order valence-electron chi connectivity index (χ0n) is 20.6. The minimum absolute atomic E-state index is 0.0718. The van der Waals surface area contributed by atoms with Gasteiger partial charge in [-0.05, 0) is 76.5 Å². The average Bonchev–Trinajstić information content (AvgIpc) is 3.45. The van der Waals surface area contributed by atoms with E-state index in [4.69, 9.17) is 0 Å². The first kappa shape index (κ1) is 25.0. The number of nitrogens with zero attached hydrogens (tertiary/aromatic N) is 3. The number of aromatic nitrogens is 1. The predicted molar refractivity (Wildman–Crippen MR) is 149 cm³/mol. The van der Waals surface area contributed by atoms with Crippen LogP contribution in [0.2, 0.25) is 0 Å². The summed E-state index contributed by atoms with van der Waals surface area (Å²) >= 11 is 1.53. The van der Waals surface area contributed by atoms with Crippen LogP contribution in [0, 0.1) is 0 Å². The first-order chi connectivity index (χ1) is 18.4. The number of phenols is 2. The molecular weight excluding hydrogens is 498 g/mol. The Morgan fingerprint density at radius 1 is 0.895 bits per heavy atom. The van der Waals surface area contributed by atoms with Gasteiger partial charge in [0.15, 0.2) is 0 Å². The second-order valence-corrected chi connectivity index (χ2v) is 9.70. The number of hydrogen-bond acceptors (Lipinski definition) is 6. The minimum Gasteiger partial charge on any atom is -0.508 e. The largest absolute Gasteiger partial charge is 0.508 e. The standard InChI is InChI=1S/C30H25N3O4S/c1-32(18-22-4-2-6-27-25(22)5-3-14-31-27)29(36)21-7-9-23(10-8-21)33(17-20-13-15-38-19-20)30(37)26-12-11-24(34)16-28(26)35/h2-16,19,34-35H,17-18H2,1H3. The van der Waals surface area contributed by atoms with Gasteiger partial charge in [0, 0.05) is 42.5 Å². The maximum absolute atomic E-state index is 13.4. The van der Waals surface area contributed by atoms with E-state index in [1.54, 1.807) is 42.4 Å². The van der Waals surface area contributed by atoms with Gasteiger partial charge in [-0.1, -0.05) is 18.2 Å². The van der Waals surface area contributed by atoms with Crippen molar-refractivity contribution in [3.05, 3.63) is 118 Å². The number of rotatable bonds is 7. The van der Waals surface area contributed by atoms with Crippen molar-refractivity contribution in [3.8, 4) is 11.5 Å². The monoisotopic (exact) mass is 523 g/mol. The summed E-state index contributed by atoms with van der Waals surface area (Å²) in [6, 6.07) is 22.4. The maximum atomic E-state index is 13.4. The normalized spacial score (nSPS) is 10.9. The Balaban J connectivity index is 1.38. The van der Waals surface area contributed by atoms with Gasteiger partial charge in [-0.25, -0.2) is 0 Å². The summed E-state index contributed by atoms with van der Waals surface area (Å²) in [7, 11) is 1.76. The first-order valence-corrected chi connectivity index (χ1v) is 12.9. The number of anilines is 1. The van der Waals surface area contributed by atoms with Crippen LogP contribution in [0.15, 0.2) is 95.8 Å². The zero-order valence-corrected chi connectivity index (χ0v) is 21.4. The molecule has 0 saturated carbocycles. The lowest BCUT2D eigenvalue weighted by Gasteiger charge is -2.24. The number of hydrogen-bond donors (Lipinski definition) is 2. The van der Waals surface area contributed by atoms with Gasteiger partial charge in [-0.2, -0.15) is 11.3 Å². The molecule has 0 fully saturated rings. The predicted octanol–water partition coefficient (Wildman–Crippen LogP) is 5.83. The molecule has 8 heteroatoms. The molecule has 0 bridgehead atoms.